The fraction of sp³-hybridized carbons (Fsp3) is 0. The van der Waals surface area contributed by atoms with Crippen LogP contribution >= 0.6 is 50.7 Å². The van der Waals surface area contributed by atoms with Gasteiger partial charge in [0.2, 0.25) is 17.7 Å². The molecule has 0 atom stereocenters. The van der Waals surface area contributed by atoms with Crippen molar-refractivity contribution in [1.82, 2.24) is 33.5 Å². The van der Waals surface area contributed by atoms with Crippen molar-refractivity contribution in [1.29, 1.82) is 0 Å². The lowest BCUT2D eigenvalue weighted by Gasteiger charge is -2.14. The summed E-state index contributed by atoms with van der Waals surface area (Å²) >= 11 is 21.8. The molecule has 0 spiro atoms. The second kappa shape index (κ2) is 21.6. The lowest BCUT2D eigenvalue weighted by Crippen LogP contribution is -2.03. The van der Waals surface area contributed by atoms with Crippen molar-refractivity contribution in [3.8, 4) is 11.4 Å². The topological polar surface area (TPSA) is 92.8 Å². The molecule has 0 fully saturated rings. The molecule has 0 radical (unpaired) electrons. The summed E-state index contributed by atoms with van der Waals surface area (Å²) in [4.78, 5) is 17.2. The van der Waals surface area contributed by atoms with E-state index in [0.29, 0.717) is 5.02 Å². The van der Waals surface area contributed by atoms with Crippen LogP contribution in [0.2, 0.25) is 15.1 Å². The summed E-state index contributed by atoms with van der Waals surface area (Å²) in [5, 5.41) is 7.81. The quantitative estimate of drug-likeness (QED) is 0.144. The van der Waals surface area contributed by atoms with Crippen molar-refractivity contribution in [3.05, 3.63) is 250 Å². The van der Waals surface area contributed by atoms with Crippen molar-refractivity contribution >= 4 is 124 Å². The largest absolute Gasteiger partial charge is 0.326 e. The molecule has 0 aliphatic carbocycles. The molecule has 0 unspecified atom stereocenters. The van der Waals surface area contributed by atoms with Gasteiger partial charge in [0.25, 0.3) is 0 Å². The molecule has 13 rings (SSSR count). The Kier molecular flexibility index (Phi) is 14.3. The van der Waals surface area contributed by atoms with E-state index in [2.05, 4.69) is 69.8 Å². The minimum Gasteiger partial charge on any atom is -0.326 e. The number of benzene rings is 9. The van der Waals surface area contributed by atoms with E-state index in [1.165, 1.54) is 12.1 Å². The summed E-state index contributed by atoms with van der Waals surface area (Å²) in [5.41, 5.74) is 11.9. The highest BCUT2D eigenvalue weighted by atomic mass is 79.9. The summed E-state index contributed by atoms with van der Waals surface area (Å²) in [7, 11) is 0. The predicted molar refractivity (Wildman–Crippen MR) is 295 cm³/mol. The molecule has 0 bridgehead atoms. The van der Waals surface area contributed by atoms with Crippen molar-refractivity contribution in [3.63, 3.8) is 0 Å². The third kappa shape index (κ3) is 10.1. The Morgan fingerprint density at radius 1 is 0.458 bits per heavy atom. The third-order valence-electron chi connectivity index (χ3n) is 11.3. The number of aromatic nitrogens is 7. The number of halogens is 6. The average molecular weight is 1070 g/mol. The van der Waals surface area contributed by atoms with Crippen LogP contribution in [-0.4, -0.2) is 33.5 Å². The van der Waals surface area contributed by atoms with Gasteiger partial charge in [-0.2, -0.15) is 0 Å². The van der Waals surface area contributed by atoms with Gasteiger partial charge in [0.15, 0.2) is 11.6 Å². The van der Waals surface area contributed by atoms with E-state index in [0.717, 1.165) is 100 Å². The number of rotatable bonds is 6. The summed E-state index contributed by atoms with van der Waals surface area (Å²) in [6.07, 6.45) is 0. The Hall–Kier alpha value is -8.00. The van der Waals surface area contributed by atoms with Gasteiger partial charge in [-0.25, -0.2) is 23.7 Å². The van der Waals surface area contributed by atoms with Crippen LogP contribution in [0.4, 0.5) is 32.1 Å². The van der Waals surface area contributed by atoms with Crippen LogP contribution in [0.3, 0.4) is 0 Å². The maximum atomic E-state index is 12.2. The lowest BCUT2D eigenvalue weighted by molar-refractivity contribution is 0.509. The SMILES string of the molecule is Clc1cccc(Br)c1-n1c(Nc2ccccc2)nc2ccccc21.Clc1cccc2c1n1c3ccccc3nc1n2-c1ccccc1.Fc1cccc(Cl)c1F.c1ccc(Nc2nc3ccccc3[nH]2)cc1. The van der Waals surface area contributed by atoms with Crippen LogP contribution in [0.25, 0.3) is 61.3 Å². The highest BCUT2D eigenvalue weighted by Crippen LogP contribution is 2.36. The third-order valence-corrected chi connectivity index (χ3v) is 12.8. The number of imidazole rings is 4. The first-order valence-electron chi connectivity index (χ1n) is 22.4. The zero-order valence-corrected chi connectivity index (χ0v) is 41.6. The van der Waals surface area contributed by atoms with Gasteiger partial charge in [0.05, 0.1) is 64.9 Å². The molecule has 13 aromatic rings. The highest BCUT2D eigenvalue weighted by Gasteiger charge is 2.19. The van der Waals surface area contributed by atoms with Crippen molar-refractivity contribution in [2.45, 2.75) is 0 Å². The monoisotopic (exact) mass is 1070 g/mol. The van der Waals surface area contributed by atoms with Crippen LogP contribution in [-0.2, 0) is 0 Å². The van der Waals surface area contributed by atoms with Crippen molar-refractivity contribution < 1.29 is 8.78 Å². The fourth-order valence-corrected chi connectivity index (χ4v) is 9.40. The van der Waals surface area contributed by atoms with Gasteiger partial charge in [0, 0.05) is 21.5 Å². The highest BCUT2D eigenvalue weighted by molar-refractivity contribution is 9.10. The van der Waals surface area contributed by atoms with E-state index in [1.54, 1.807) is 0 Å². The summed E-state index contributed by atoms with van der Waals surface area (Å²) in [6, 6.07) is 69.7. The standard InChI is InChI=1S/C19H13BrClN3.C19H12ClN3.C13H11N3.C6H3ClF2/c20-14-9-6-10-15(21)18(14)24-17-12-5-4-11-16(17)23-19(24)22-13-7-2-1-3-8-13;20-14-9-6-12-17-18(14)23-16-11-5-4-10-15(16)21-19(23)22(17)13-7-2-1-3-8-13;1-2-6-10(7-3-1)14-13-15-11-8-4-5-9-12(11)16-13;7-4-2-1-3-5(8)6(4)9/h1-12H,(H,22,23);1-12H;1-9H,(H2,14,15,16);1-3H. The zero-order chi connectivity index (χ0) is 49.6. The molecule has 9 nitrogen and oxygen atoms in total. The molecule has 0 aliphatic heterocycles. The average Bonchev–Trinajstić information content (AvgIpc) is 4.17. The summed E-state index contributed by atoms with van der Waals surface area (Å²) < 4.78 is 31.6. The molecular formula is C57H39BrCl3F2N9. The second-order valence-corrected chi connectivity index (χ2v) is 18.0. The number of anilines is 4. The predicted octanol–water partition coefficient (Wildman–Crippen LogP) is 17.2. The smallest absolute Gasteiger partial charge is 0.220 e. The molecular weight excluding hydrogens is 1030 g/mol. The number of hydrogen-bond donors (Lipinski definition) is 3. The number of aromatic amines is 1. The van der Waals surface area contributed by atoms with Gasteiger partial charge in [-0.3, -0.25) is 13.5 Å². The van der Waals surface area contributed by atoms with Crippen LogP contribution in [0.1, 0.15) is 0 Å². The number of nitrogens with one attached hydrogen (secondary N) is 3. The van der Waals surface area contributed by atoms with E-state index >= 15 is 0 Å². The maximum Gasteiger partial charge on any atom is 0.220 e. The molecule has 4 heterocycles. The zero-order valence-electron chi connectivity index (χ0n) is 37.7. The first kappa shape index (κ1) is 47.7. The molecule has 0 amide bonds. The number of fused-ring (bicyclic) bond motifs is 7. The van der Waals surface area contributed by atoms with E-state index < -0.39 is 11.6 Å². The van der Waals surface area contributed by atoms with E-state index in [-0.39, 0.29) is 5.02 Å². The van der Waals surface area contributed by atoms with E-state index in [4.69, 9.17) is 44.8 Å². The number of hydrogen-bond acceptors (Lipinski definition) is 5. The van der Waals surface area contributed by atoms with Crippen LogP contribution < -0.4 is 10.6 Å². The molecule has 0 saturated heterocycles. The second-order valence-electron chi connectivity index (χ2n) is 16.0. The van der Waals surface area contributed by atoms with Gasteiger partial charge in [-0.05, 0) is 125 Å². The number of para-hydroxylation sites is 11. The number of H-pyrrole nitrogens is 1. The maximum absolute atomic E-state index is 12.2. The first-order valence-corrected chi connectivity index (χ1v) is 24.4. The van der Waals surface area contributed by atoms with E-state index in [9.17, 15) is 8.78 Å². The Bertz CT molecular complexity index is 3900. The molecule has 354 valence electrons. The molecule has 72 heavy (non-hydrogen) atoms. The van der Waals surface area contributed by atoms with Gasteiger partial charge in [0.1, 0.15) is 0 Å². The van der Waals surface area contributed by atoms with Gasteiger partial charge in [-0.1, -0.05) is 144 Å². The lowest BCUT2D eigenvalue weighted by atomic mass is 10.2. The Balaban J connectivity index is 0.000000116. The van der Waals surface area contributed by atoms with Crippen molar-refractivity contribution in [2.75, 3.05) is 10.6 Å². The van der Waals surface area contributed by atoms with Gasteiger partial charge < -0.3 is 15.6 Å². The van der Waals surface area contributed by atoms with E-state index in [1.807, 2.05) is 180 Å². The Morgan fingerprint density at radius 2 is 1.00 bits per heavy atom. The van der Waals surface area contributed by atoms with Gasteiger partial charge in [-0.15, -0.1) is 0 Å². The molecule has 3 N–H and O–H groups in total. The molecule has 0 saturated carbocycles. The minimum absolute atomic E-state index is 0.185. The number of nitrogens with zero attached hydrogens (tertiary/aromatic N) is 6. The molecule has 15 heteroatoms. The summed E-state index contributed by atoms with van der Waals surface area (Å²) in [5.74, 6) is 0.464. The van der Waals surface area contributed by atoms with Crippen molar-refractivity contribution in [2.24, 2.45) is 0 Å². The Labute approximate surface area is 435 Å². The van der Waals surface area contributed by atoms with Crippen LogP contribution in [0.5, 0.6) is 0 Å². The normalized spacial score (nSPS) is 10.9. The molecule has 9 aromatic carbocycles. The van der Waals surface area contributed by atoms with Gasteiger partial charge >= 0.3 is 0 Å². The fourth-order valence-electron chi connectivity index (χ4n) is 8.07. The molecule has 4 aromatic heterocycles. The van der Waals surface area contributed by atoms with Crippen LogP contribution in [0.15, 0.2) is 223 Å². The first-order chi connectivity index (χ1) is 35.2. The molecule has 0 aliphatic rings. The van der Waals surface area contributed by atoms with Crippen LogP contribution in [0, 0.1) is 11.6 Å². The minimum atomic E-state index is -0.987. The Morgan fingerprint density at radius 3 is 1.67 bits per heavy atom. The summed E-state index contributed by atoms with van der Waals surface area (Å²) in [6.45, 7) is 0.